The first-order valence-electron chi connectivity index (χ1n) is 10.6. The van der Waals surface area contributed by atoms with Gasteiger partial charge in [0.1, 0.15) is 6.04 Å². The molecule has 1 aromatic carbocycles. The van der Waals surface area contributed by atoms with E-state index < -0.39 is 0 Å². The fraction of sp³-hybridized carbons (Fsp3) is 0.636. The topological polar surface area (TPSA) is 82.2 Å². The zero-order valence-electron chi connectivity index (χ0n) is 16.8. The molecule has 27 heavy (non-hydrogen) atoms. The Kier molecular flexibility index (Phi) is 9.16. The maximum absolute atomic E-state index is 12.4. The largest absolute Gasteiger partial charge is 0.370 e. The molecule has 1 aliphatic rings. The lowest BCUT2D eigenvalue weighted by Gasteiger charge is -2.23. The molecule has 1 aliphatic heterocycles. The molecule has 0 unspecified atom stereocenters. The number of nitrogens with two attached hydrogens (primary N) is 1. The summed E-state index contributed by atoms with van der Waals surface area (Å²) in [5.74, 6) is -0.0908. The number of hydrogen-bond acceptors (Lipinski definition) is 2. The summed E-state index contributed by atoms with van der Waals surface area (Å²) >= 11 is 0. The van der Waals surface area contributed by atoms with E-state index in [1.807, 2.05) is 12.1 Å². The van der Waals surface area contributed by atoms with Crippen LogP contribution in [0.25, 0.3) is 0 Å². The number of nitrogens with zero attached hydrogens (tertiary/aromatic N) is 1. The van der Waals surface area contributed by atoms with Gasteiger partial charge in [-0.1, -0.05) is 64.0 Å². The van der Waals surface area contributed by atoms with Crippen LogP contribution in [0.4, 0.5) is 5.69 Å². The maximum Gasteiger partial charge on any atom is 0.247 e. The Morgan fingerprint density at radius 1 is 1.11 bits per heavy atom. The molecule has 1 saturated heterocycles. The SMILES string of the molecule is CCCCCCCCCCc1ccc(NC(=O)[C@H]2CCCN2C(=N)N)cc1. The van der Waals surface area contributed by atoms with Crippen molar-refractivity contribution in [1.82, 2.24) is 4.90 Å². The first kappa shape index (κ1) is 21.3. The fourth-order valence-electron chi connectivity index (χ4n) is 3.77. The van der Waals surface area contributed by atoms with E-state index in [0.717, 1.165) is 24.9 Å². The van der Waals surface area contributed by atoms with Gasteiger partial charge in [-0.2, -0.15) is 0 Å². The standard InChI is InChI=1S/C22H36N4O/c1-2-3-4-5-6-7-8-9-11-18-13-15-19(16-14-18)25-21(27)20-12-10-17-26(20)22(23)24/h13-16,20H,2-12,17H2,1H3,(H3,23,24)(H,25,27)/t20-/m1/s1. The highest BCUT2D eigenvalue weighted by Crippen LogP contribution is 2.19. The lowest BCUT2D eigenvalue weighted by Crippen LogP contribution is -2.46. The van der Waals surface area contributed by atoms with Gasteiger partial charge in [0, 0.05) is 12.2 Å². The summed E-state index contributed by atoms with van der Waals surface area (Å²) in [6.07, 6.45) is 13.4. The molecule has 5 nitrogen and oxygen atoms in total. The smallest absolute Gasteiger partial charge is 0.247 e. The average molecular weight is 373 g/mol. The lowest BCUT2D eigenvalue weighted by molar-refractivity contribution is -0.119. The molecule has 1 fully saturated rings. The molecule has 1 aromatic rings. The Hall–Kier alpha value is -2.04. The summed E-state index contributed by atoms with van der Waals surface area (Å²) in [4.78, 5) is 14.1. The van der Waals surface area contributed by atoms with Gasteiger partial charge in [-0.25, -0.2) is 0 Å². The van der Waals surface area contributed by atoms with Crippen molar-refractivity contribution in [2.75, 3.05) is 11.9 Å². The highest BCUT2D eigenvalue weighted by molar-refractivity contribution is 5.97. The van der Waals surface area contributed by atoms with Crippen molar-refractivity contribution in [1.29, 1.82) is 5.41 Å². The molecule has 150 valence electrons. The zero-order valence-corrected chi connectivity index (χ0v) is 16.8. The Labute approximate surface area is 164 Å². The Bertz CT molecular complexity index is 584. The van der Waals surface area contributed by atoms with Crippen LogP contribution in [-0.4, -0.2) is 29.4 Å². The molecule has 0 radical (unpaired) electrons. The van der Waals surface area contributed by atoms with E-state index in [9.17, 15) is 4.79 Å². The lowest BCUT2D eigenvalue weighted by atomic mass is 10.0. The van der Waals surface area contributed by atoms with Gasteiger partial charge in [-0.3, -0.25) is 10.2 Å². The second-order valence-electron chi connectivity index (χ2n) is 7.65. The van der Waals surface area contributed by atoms with Gasteiger partial charge in [0.15, 0.2) is 5.96 Å². The van der Waals surface area contributed by atoms with Crippen LogP contribution in [0.15, 0.2) is 24.3 Å². The number of benzene rings is 1. The van der Waals surface area contributed by atoms with Crippen LogP contribution in [-0.2, 0) is 11.2 Å². The van der Waals surface area contributed by atoms with Crippen molar-refractivity contribution in [2.24, 2.45) is 5.73 Å². The van der Waals surface area contributed by atoms with Gasteiger partial charge in [-0.05, 0) is 43.4 Å². The maximum atomic E-state index is 12.4. The minimum Gasteiger partial charge on any atom is -0.370 e. The molecule has 0 aromatic heterocycles. The molecular formula is C22H36N4O. The highest BCUT2D eigenvalue weighted by atomic mass is 16.2. The number of hydrogen-bond donors (Lipinski definition) is 3. The molecule has 5 heteroatoms. The molecular weight excluding hydrogens is 336 g/mol. The van der Waals surface area contributed by atoms with E-state index in [1.165, 1.54) is 56.9 Å². The Morgan fingerprint density at radius 2 is 1.74 bits per heavy atom. The number of carbonyl (C=O) groups is 1. The van der Waals surface area contributed by atoms with Crippen LogP contribution in [0.2, 0.25) is 0 Å². The van der Waals surface area contributed by atoms with Crippen LogP contribution in [0, 0.1) is 5.41 Å². The second kappa shape index (κ2) is 11.6. The summed E-state index contributed by atoms with van der Waals surface area (Å²) in [6, 6.07) is 7.85. The summed E-state index contributed by atoms with van der Waals surface area (Å²) in [7, 11) is 0. The molecule has 0 aliphatic carbocycles. The fourth-order valence-corrected chi connectivity index (χ4v) is 3.77. The molecule has 4 N–H and O–H groups in total. The van der Waals surface area contributed by atoms with Gasteiger partial charge < -0.3 is 16.0 Å². The van der Waals surface area contributed by atoms with Crippen LogP contribution in [0.5, 0.6) is 0 Å². The van der Waals surface area contributed by atoms with E-state index >= 15 is 0 Å². The second-order valence-corrected chi connectivity index (χ2v) is 7.65. The van der Waals surface area contributed by atoms with Gasteiger partial charge in [0.2, 0.25) is 5.91 Å². The van der Waals surface area contributed by atoms with Crippen molar-refractivity contribution in [3.63, 3.8) is 0 Å². The minimum absolute atomic E-state index is 0.0200. The van der Waals surface area contributed by atoms with E-state index in [4.69, 9.17) is 11.1 Å². The molecule has 2 rings (SSSR count). The number of rotatable bonds is 11. The third-order valence-electron chi connectivity index (χ3n) is 5.41. The van der Waals surface area contributed by atoms with E-state index in [2.05, 4.69) is 24.4 Å². The van der Waals surface area contributed by atoms with E-state index in [1.54, 1.807) is 4.90 Å². The number of nitrogens with one attached hydrogen (secondary N) is 2. The van der Waals surface area contributed by atoms with Crippen molar-refractivity contribution in [3.05, 3.63) is 29.8 Å². The molecule has 0 saturated carbocycles. The predicted octanol–water partition coefficient (Wildman–Crippen LogP) is 4.67. The van der Waals surface area contributed by atoms with Crippen molar-refractivity contribution in [2.45, 2.75) is 83.6 Å². The quantitative estimate of drug-likeness (QED) is 0.300. The third-order valence-corrected chi connectivity index (χ3v) is 5.41. The van der Waals surface area contributed by atoms with Crippen molar-refractivity contribution in [3.8, 4) is 0 Å². The third kappa shape index (κ3) is 7.24. The molecule has 0 bridgehead atoms. The number of carbonyl (C=O) groups excluding carboxylic acids is 1. The first-order chi connectivity index (χ1) is 13.1. The number of aryl methyl sites for hydroxylation is 1. The first-order valence-corrected chi connectivity index (χ1v) is 10.6. The normalized spacial score (nSPS) is 16.5. The molecule has 1 amide bonds. The van der Waals surface area contributed by atoms with Crippen LogP contribution in [0.3, 0.4) is 0 Å². The van der Waals surface area contributed by atoms with Crippen LogP contribution < -0.4 is 11.1 Å². The number of anilines is 1. The van der Waals surface area contributed by atoms with Gasteiger partial charge in [0.05, 0.1) is 0 Å². The number of likely N-dealkylation sites (tertiary alicyclic amines) is 1. The summed E-state index contributed by atoms with van der Waals surface area (Å²) in [6.45, 7) is 2.94. The Balaban J connectivity index is 1.67. The number of unbranched alkanes of at least 4 members (excludes halogenated alkanes) is 7. The van der Waals surface area contributed by atoms with Gasteiger partial charge in [0.25, 0.3) is 0 Å². The number of guanidine groups is 1. The van der Waals surface area contributed by atoms with E-state index in [-0.39, 0.29) is 17.9 Å². The van der Waals surface area contributed by atoms with Crippen LogP contribution in [0.1, 0.15) is 76.7 Å². The molecule has 0 spiro atoms. The van der Waals surface area contributed by atoms with Crippen molar-refractivity contribution < 1.29 is 4.79 Å². The van der Waals surface area contributed by atoms with Gasteiger partial charge >= 0.3 is 0 Å². The molecule has 1 atom stereocenters. The van der Waals surface area contributed by atoms with E-state index in [0.29, 0.717) is 6.54 Å². The summed E-state index contributed by atoms with van der Waals surface area (Å²) in [5.41, 5.74) is 7.71. The van der Waals surface area contributed by atoms with Gasteiger partial charge in [-0.15, -0.1) is 0 Å². The number of amides is 1. The van der Waals surface area contributed by atoms with Crippen LogP contribution >= 0.6 is 0 Å². The predicted molar refractivity (Wildman–Crippen MR) is 113 cm³/mol. The Morgan fingerprint density at radius 3 is 2.37 bits per heavy atom. The average Bonchev–Trinajstić information content (AvgIpc) is 3.15. The van der Waals surface area contributed by atoms with Crippen molar-refractivity contribution >= 4 is 17.6 Å². The highest BCUT2D eigenvalue weighted by Gasteiger charge is 2.31. The molecule has 1 heterocycles. The summed E-state index contributed by atoms with van der Waals surface area (Å²) < 4.78 is 0. The summed E-state index contributed by atoms with van der Waals surface area (Å²) in [5, 5.41) is 10.5. The zero-order chi connectivity index (χ0) is 19.5. The monoisotopic (exact) mass is 372 g/mol. The minimum atomic E-state index is -0.320.